The fourth-order valence-electron chi connectivity index (χ4n) is 2.08. The maximum atomic E-state index is 11.6. The predicted molar refractivity (Wildman–Crippen MR) is 79.6 cm³/mol. The number of nitrogens with two attached hydrogens (primary N) is 1. The minimum Gasteiger partial charge on any atom is -0.462 e. The summed E-state index contributed by atoms with van der Waals surface area (Å²) in [5, 5.41) is 0. The maximum Gasteiger partial charge on any atom is 0.338 e. The zero-order chi connectivity index (χ0) is 14.3. The van der Waals surface area contributed by atoms with Gasteiger partial charge in [0.2, 0.25) is 0 Å². The second-order valence-corrected chi connectivity index (χ2v) is 4.48. The van der Waals surface area contributed by atoms with Crippen LogP contribution in [0.1, 0.15) is 44.0 Å². The van der Waals surface area contributed by atoms with E-state index >= 15 is 0 Å². The van der Waals surface area contributed by atoms with Gasteiger partial charge < -0.3 is 15.4 Å². The second kappa shape index (κ2) is 7.67. The van der Waals surface area contributed by atoms with Crippen molar-refractivity contribution in [1.82, 2.24) is 0 Å². The van der Waals surface area contributed by atoms with E-state index in [1.807, 2.05) is 6.07 Å². The third kappa shape index (κ3) is 4.16. The second-order valence-electron chi connectivity index (χ2n) is 4.48. The van der Waals surface area contributed by atoms with Crippen LogP contribution in [0.2, 0.25) is 0 Å². The predicted octanol–water partition coefficient (Wildman–Crippen LogP) is 3.07. The molecule has 4 heteroatoms. The summed E-state index contributed by atoms with van der Waals surface area (Å²) in [4.78, 5) is 13.9. The highest BCUT2D eigenvalue weighted by Crippen LogP contribution is 2.25. The Morgan fingerprint density at radius 1 is 1.21 bits per heavy atom. The summed E-state index contributed by atoms with van der Waals surface area (Å²) < 4.78 is 4.97. The fraction of sp³-hybridized carbons (Fsp3) is 0.533. The van der Waals surface area contributed by atoms with Crippen molar-refractivity contribution in [2.45, 2.75) is 33.6 Å². The topological polar surface area (TPSA) is 55.6 Å². The zero-order valence-corrected chi connectivity index (χ0v) is 12.1. The van der Waals surface area contributed by atoms with Crippen molar-refractivity contribution < 1.29 is 9.53 Å². The summed E-state index contributed by atoms with van der Waals surface area (Å²) in [6, 6.07) is 5.39. The molecule has 2 N–H and O–H groups in total. The van der Waals surface area contributed by atoms with Gasteiger partial charge in [-0.15, -0.1) is 0 Å². The van der Waals surface area contributed by atoms with E-state index in [0.717, 1.165) is 31.6 Å². The Bertz CT molecular complexity index is 413. The number of ether oxygens (including phenoxy) is 1. The van der Waals surface area contributed by atoms with E-state index in [-0.39, 0.29) is 5.97 Å². The molecule has 0 heterocycles. The Morgan fingerprint density at radius 2 is 1.84 bits per heavy atom. The average Bonchev–Trinajstić information content (AvgIpc) is 2.39. The van der Waals surface area contributed by atoms with Crippen LogP contribution in [0.5, 0.6) is 0 Å². The molecule has 0 unspecified atom stereocenters. The molecule has 0 atom stereocenters. The van der Waals surface area contributed by atoms with Crippen LogP contribution in [0.3, 0.4) is 0 Å². The van der Waals surface area contributed by atoms with Crippen LogP contribution in [-0.2, 0) is 4.74 Å². The van der Waals surface area contributed by atoms with Gasteiger partial charge in [-0.2, -0.15) is 0 Å². The first-order valence-electron chi connectivity index (χ1n) is 6.95. The molecule has 106 valence electrons. The first-order valence-corrected chi connectivity index (χ1v) is 6.95. The number of anilines is 2. The minimum atomic E-state index is -0.321. The van der Waals surface area contributed by atoms with Gasteiger partial charge in [-0.05, 0) is 38.0 Å². The third-order valence-corrected chi connectivity index (χ3v) is 2.87. The number of esters is 1. The van der Waals surface area contributed by atoms with Crippen molar-refractivity contribution in [3.8, 4) is 0 Å². The van der Waals surface area contributed by atoms with Gasteiger partial charge in [0.25, 0.3) is 0 Å². The Labute approximate surface area is 115 Å². The Balaban J connectivity index is 2.94. The number of hydrogen-bond acceptors (Lipinski definition) is 4. The van der Waals surface area contributed by atoms with Crippen LogP contribution in [0.15, 0.2) is 18.2 Å². The SMILES string of the molecule is CCCN(CCC)c1ccc(C(=O)OCC)cc1N. The largest absolute Gasteiger partial charge is 0.462 e. The van der Waals surface area contributed by atoms with Gasteiger partial charge in [0.15, 0.2) is 0 Å². The first kappa shape index (κ1) is 15.3. The number of nitrogens with zero attached hydrogens (tertiary/aromatic N) is 1. The molecule has 0 aliphatic heterocycles. The molecule has 4 nitrogen and oxygen atoms in total. The molecule has 0 aliphatic rings. The van der Waals surface area contributed by atoms with Gasteiger partial charge in [-0.3, -0.25) is 0 Å². The molecule has 0 aromatic heterocycles. The standard InChI is InChI=1S/C15H24N2O2/c1-4-9-17(10-5-2)14-8-7-12(11-13(14)16)15(18)19-6-3/h7-8,11H,4-6,9-10,16H2,1-3H3. The molecule has 0 bridgehead atoms. The van der Waals surface area contributed by atoms with Gasteiger partial charge in [0.05, 0.1) is 23.5 Å². The summed E-state index contributed by atoms with van der Waals surface area (Å²) >= 11 is 0. The number of carbonyl (C=O) groups is 1. The van der Waals surface area contributed by atoms with E-state index in [4.69, 9.17) is 10.5 Å². The quantitative estimate of drug-likeness (QED) is 0.607. The molecule has 1 aromatic carbocycles. The van der Waals surface area contributed by atoms with Crippen LogP contribution in [0.25, 0.3) is 0 Å². The Kier molecular flexibility index (Phi) is 6.19. The van der Waals surface area contributed by atoms with Gasteiger partial charge >= 0.3 is 5.97 Å². The lowest BCUT2D eigenvalue weighted by molar-refractivity contribution is 0.0526. The van der Waals surface area contributed by atoms with E-state index in [0.29, 0.717) is 17.9 Å². The molecule has 0 fully saturated rings. The first-order chi connectivity index (χ1) is 9.13. The van der Waals surface area contributed by atoms with Gasteiger partial charge in [-0.25, -0.2) is 4.79 Å². The number of benzene rings is 1. The average molecular weight is 264 g/mol. The zero-order valence-electron chi connectivity index (χ0n) is 12.1. The van der Waals surface area contributed by atoms with Crippen LogP contribution in [-0.4, -0.2) is 25.7 Å². The molecule has 1 rings (SSSR count). The lowest BCUT2D eigenvalue weighted by Crippen LogP contribution is -2.25. The van der Waals surface area contributed by atoms with Crippen LogP contribution in [0, 0.1) is 0 Å². The molecule has 0 saturated heterocycles. The highest BCUT2D eigenvalue weighted by Gasteiger charge is 2.12. The lowest BCUT2D eigenvalue weighted by atomic mass is 10.1. The molecule has 0 spiro atoms. The number of hydrogen-bond donors (Lipinski definition) is 1. The molecular formula is C15H24N2O2. The number of nitrogen functional groups attached to an aromatic ring is 1. The molecule has 0 saturated carbocycles. The molecule has 1 aromatic rings. The van der Waals surface area contributed by atoms with Gasteiger partial charge in [-0.1, -0.05) is 13.8 Å². The highest BCUT2D eigenvalue weighted by molar-refractivity contribution is 5.92. The van der Waals surface area contributed by atoms with Crippen LogP contribution in [0.4, 0.5) is 11.4 Å². The molecular weight excluding hydrogens is 240 g/mol. The summed E-state index contributed by atoms with van der Waals surface area (Å²) in [5.74, 6) is -0.321. The monoisotopic (exact) mass is 264 g/mol. The van der Waals surface area contributed by atoms with E-state index < -0.39 is 0 Å². The summed E-state index contributed by atoms with van der Waals surface area (Å²) in [5.41, 5.74) is 8.21. The fourth-order valence-corrected chi connectivity index (χ4v) is 2.08. The minimum absolute atomic E-state index is 0.321. The Hall–Kier alpha value is -1.71. The van der Waals surface area contributed by atoms with E-state index in [1.54, 1.807) is 19.1 Å². The third-order valence-electron chi connectivity index (χ3n) is 2.87. The highest BCUT2D eigenvalue weighted by atomic mass is 16.5. The van der Waals surface area contributed by atoms with Crippen molar-refractivity contribution >= 4 is 17.3 Å². The van der Waals surface area contributed by atoms with Crippen molar-refractivity contribution in [3.63, 3.8) is 0 Å². The van der Waals surface area contributed by atoms with Crippen LogP contribution >= 0.6 is 0 Å². The molecule has 19 heavy (non-hydrogen) atoms. The normalized spacial score (nSPS) is 10.3. The van der Waals surface area contributed by atoms with E-state index in [9.17, 15) is 4.79 Å². The van der Waals surface area contributed by atoms with E-state index in [2.05, 4.69) is 18.7 Å². The van der Waals surface area contributed by atoms with Crippen molar-refractivity contribution in [2.24, 2.45) is 0 Å². The van der Waals surface area contributed by atoms with Gasteiger partial charge in [0, 0.05) is 13.1 Å². The lowest BCUT2D eigenvalue weighted by Gasteiger charge is -2.25. The molecule has 0 radical (unpaired) electrons. The van der Waals surface area contributed by atoms with Crippen LogP contribution < -0.4 is 10.6 Å². The smallest absolute Gasteiger partial charge is 0.338 e. The van der Waals surface area contributed by atoms with Crippen molar-refractivity contribution in [3.05, 3.63) is 23.8 Å². The Morgan fingerprint density at radius 3 is 2.32 bits per heavy atom. The number of rotatable bonds is 7. The summed E-state index contributed by atoms with van der Waals surface area (Å²) in [6.45, 7) is 8.39. The molecule has 0 aliphatic carbocycles. The summed E-state index contributed by atoms with van der Waals surface area (Å²) in [7, 11) is 0. The molecule has 0 amide bonds. The summed E-state index contributed by atoms with van der Waals surface area (Å²) in [6.07, 6.45) is 2.14. The van der Waals surface area contributed by atoms with E-state index in [1.165, 1.54) is 0 Å². The van der Waals surface area contributed by atoms with Crippen molar-refractivity contribution in [1.29, 1.82) is 0 Å². The number of carbonyl (C=O) groups excluding carboxylic acids is 1. The van der Waals surface area contributed by atoms with Crippen molar-refractivity contribution in [2.75, 3.05) is 30.3 Å². The van der Waals surface area contributed by atoms with Gasteiger partial charge in [0.1, 0.15) is 0 Å². The maximum absolute atomic E-state index is 11.6.